The fourth-order valence-electron chi connectivity index (χ4n) is 2.12. The fraction of sp³-hybridized carbons (Fsp3) is 0.600. The summed E-state index contributed by atoms with van der Waals surface area (Å²) in [5.41, 5.74) is 5.34. The lowest BCUT2D eigenvalue weighted by Gasteiger charge is -2.31. The summed E-state index contributed by atoms with van der Waals surface area (Å²) in [5, 5.41) is 7.32. The molecule has 106 valence electrons. The van der Waals surface area contributed by atoms with Crippen LogP contribution in [0, 0.1) is 5.41 Å². The van der Waals surface area contributed by atoms with Crippen LogP contribution in [0.25, 0.3) is 0 Å². The number of aromatic amines is 1. The van der Waals surface area contributed by atoms with Gasteiger partial charge in [-0.1, -0.05) is 0 Å². The highest BCUT2D eigenvalue weighted by atomic mass is 32.2. The Morgan fingerprint density at radius 2 is 2.26 bits per heavy atom. The van der Waals surface area contributed by atoms with Crippen LogP contribution in [0.15, 0.2) is 17.6 Å². The third kappa shape index (κ3) is 3.75. The van der Waals surface area contributed by atoms with Crippen molar-refractivity contribution in [1.82, 2.24) is 19.6 Å². The number of amidine groups is 1. The number of nitrogens with two attached hydrogens (primary N) is 1. The van der Waals surface area contributed by atoms with Crippen molar-refractivity contribution in [2.75, 3.05) is 19.6 Å². The highest BCUT2D eigenvalue weighted by molar-refractivity contribution is 7.89. The van der Waals surface area contributed by atoms with E-state index < -0.39 is 10.0 Å². The maximum absolute atomic E-state index is 12.0. The molecule has 1 saturated heterocycles. The van der Waals surface area contributed by atoms with Gasteiger partial charge in [0.15, 0.2) is 5.03 Å². The summed E-state index contributed by atoms with van der Waals surface area (Å²) < 4.78 is 26.6. The van der Waals surface area contributed by atoms with Crippen LogP contribution in [-0.4, -0.2) is 54.8 Å². The molecule has 2 heterocycles. The molecule has 0 atom stereocenters. The van der Waals surface area contributed by atoms with E-state index in [4.69, 9.17) is 11.1 Å². The summed E-state index contributed by atoms with van der Waals surface area (Å²) in [6.07, 6.45) is 4.04. The van der Waals surface area contributed by atoms with Crippen molar-refractivity contribution in [3.63, 3.8) is 0 Å². The lowest BCUT2D eigenvalue weighted by Crippen LogP contribution is -2.46. The first kappa shape index (κ1) is 14.0. The summed E-state index contributed by atoms with van der Waals surface area (Å²) in [5.74, 6) is 0.136. The molecule has 0 amide bonds. The van der Waals surface area contributed by atoms with E-state index in [1.165, 1.54) is 12.5 Å². The second-order valence-corrected chi connectivity index (χ2v) is 6.30. The first-order valence-electron chi connectivity index (χ1n) is 6.03. The lowest BCUT2D eigenvalue weighted by molar-refractivity contribution is 0.231. The number of likely N-dealkylation sites (tertiary alicyclic amines) is 1. The Bertz CT molecular complexity index is 518. The van der Waals surface area contributed by atoms with Gasteiger partial charge in [-0.05, 0) is 12.8 Å². The van der Waals surface area contributed by atoms with Crippen molar-refractivity contribution >= 4 is 15.9 Å². The lowest BCUT2D eigenvalue weighted by atomic mass is 10.1. The Hall–Kier alpha value is -1.45. The fourth-order valence-corrected chi connectivity index (χ4v) is 3.33. The molecular weight excluding hydrogens is 268 g/mol. The number of nitrogens with one attached hydrogen (secondary N) is 3. The molecule has 0 aromatic carbocycles. The van der Waals surface area contributed by atoms with E-state index in [-0.39, 0.29) is 16.9 Å². The van der Waals surface area contributed by atoms with Crippen molar-refractivity contribution in [2.45, 2.75) is 23.9 Å². The van der Waals surface area contributed by atoms with Crippen molar-refractivity contribution in [3.05, 3.63) is 12.5 Å². The van der Waals surface area contributed by atoms with Crippen molar-refractivity contribution in [3.8, 4) is 0 Å². The summed E-state index contributed by atoms with van der Waals surface area (Å²) in [6, 6.07) is -0.0866. The molecule has 1 fully saturated rings. The topological polar surface area (TPSA) is 128 Å². The highest BCUT2D eigenvalue weighted by Crippen LogP contribution is 2.13. The van der Waals surface area contributed by atoms with Crippen LogP contribution in [0.5, 0.6) is 0 Å². The van der Waals surface area contributed by atoms with Crippen LogP contribution >= 0.6 is 0 Å². The molecule has 9 heteroatoms. The van der Waals surface area contributed by atoms with Gasteiger partial charge < -0.3 is 10.7 Å². The number of hydrogen-bond acceptors (Lipinski definition) is 5. The quantitative estimate of drug-likeness (QED) is 0.411. The Morgan fingerprint density at radius 3 is 2.79 bits per heavy atom. The smallest absolute Gasteiger partial charge is 0.257 e. The Labute approximate surface area is 112 Å². The zero-order chi connectivity index (χ0) is 13.9. The molecule has 1 aromatic rings. The normalized spacial score (nSPS) is 18.5. The number of piperidine rings is 1. The van der Waals surface area contributed by atoms with Gasteiger partial charge in [0.2, 0.25) is 0 Å². The number of sulfonamides is 1. The van der Waals surface area contributed by atoms with E-state index in [2.05, 4.69) is 14.7 Å². The standard InChI is InChI=1S/C10H18N6O2S/c11-9(12)6-16-3-1-8(2-4-16)15-19(17,18)10-5-13-7-14-10/h5,7-8,15H,1-4,6H2,(H3,11,12)(H,13,14). The van der Waals surface area contributed by atoms with Gasteiger partial charge in [-0.25, -0.2) is 18.1 Å². The molecule has 2 rings (SSSR count). The number of nitrogens with zero attached hydrogens (tertiary/aromatic N) is 2. The molecule has 19 heavy (non-hydrogen) atoms. The molecule has 0 saturated carbocycles. The Balaban J connectivity index is 1.88. The second-order valence-electron chi connectivity index (χ2n) is 4.61. The number of aromatic nitrogens is 2. The van der Waals surface area contributed by atoms with Crippen LogP contribution < -0.4 is 10.5 Å². The van der Waals surface area contributed by atoms with Crippen LogP contribution in [0.3, 0.4) is 0 Å². The highest BCUT2D eigenvalue weighted by Gasteiger charge is 2.25. The van der Waals surface area contributed by atoms with Gasteiger partial charge in [0.25, 0.3) is 10.0 Å². The van der Waals surface area contributed by atoms with Gasteiger partial charge in [-0.2, -0.15) is 0 Å². The predicted octanol–water partition coefficient (Wildman–Crippen LogP) is -0.912. The van der Waals surface area contributed by atoms with E-state index in [1.807, 2.05) is 4.90 Å². The van der Waals surface area contributed by atoms with Crippen molar-refractivity contribution in [1.29, 1.82) is 5.41 Å². The molecule has 0 aliphatic carbocycles. The SMILES string of the molecule is N=C(N)CN1CCC(NS(=O)(=O)c2cnc[nH]2)CC1. The van der Waals surface area contributed by atoms with Crippen molar-refractivity contribution < 1.29 is 8.42 Å². The second kappa shape index (κ2) is 5.68. The van der Waals surface area contributed by atoms with Gasteiger partial charge in [-0.3, -0.25) is 10.3 Å². The van der Waals surface area contributed by atoms with Crippen LogP contribution in [0.2, 0.25) is 0 Å². The van der Waals surface area contributed by atoms with Crippen LogP contribution in [0.4, 0.5) is 0 Å². The Morgan fingerprint density at radius 1 is 1.58 bits per heavy atom. The summed E-state index contributed by atoms with van der Waals surface area (Å²) in [7, 11) is -3.51. The number of H-pyrrole nitrogens is 1. The minimum atomic E-state index is -3.51. The maximum Gasteiger partial charge on any atom is 0.257 e. The van der Waals surface area contributed by atoms with Gasteiger partial charge in [0, 0.05) is 19.1 Å². The van der Waals surface area contributed by atoms with E-state index in [1.54, 1.807) is 0 Å². The maximum atomic E-state index is 12.0. The van der Waals surface area contributed by atoms with Gasteiger partial charge in [0.1, 0.15) is 5.84 Å². The third-order valence-corrected chi connectivity index (χ3v) is 4.51. The molecular formula is C10H18N6O2S. The Kier molecular flexibility index (Phi) is 4.17. The molecule has 0 unspecified atom stereocenters. The zero-order valence-electron chi connectivity index (χ0n) is 10.5. The molecule has 1 aromatic heterocycles. The van der Waals surface area contributed by atoms with E-state index in [0.29, 0.717) is 19.4 Å². The predicted molar refractivity (Wildman–Crippen MR) is 70.3 cm³/mol. The summed E-state index contributed by atoms with van der Waals surface area (Å²) >= 11 is 0. The first-order valence-corrected chi connectivity index (χ1v) is 7.51. The van der Waals surface area contributed by atoms with Gasteiger partial charge in [0.05, 0.1) is 19.1 Å². The molecule has 1 aliphatic heterocycles. The minimum Gasteiger partial charge on any atom is -0.387 e. The average Bonchev–Trinajstić information content (AvgIpc) is 2.85. The third-order valence-electron chi connectivity index (χ3n) is 3.07. The van der Waals surface area contributed by atoms with Crippen LogP contribution in [-0.2, 0) is 10.0 Å². The molecule has 0 radical (unpaired) electrons. The number of rotatable bonds is 5. The van der Waals surface area contributed by atoms with Gasteiger partial charge in [-0.15, -0.1) is 0 Å². The van der Waals surface area contributed by atoms with Crippen LogP contribution in [0.1, 0.15) is 12.8 Å². The molecule has 1 aliphatic rings. The molecule has 5 N–H and O–H groups in total. The minimum absolute atomic E-state index is 0.0821. The summed E-state index contributed by atoms with van der Waals surface area (Å²) in [4.78, 5) is 8.34. The monoisotopic (exact) mass is 286 g/mol. The van der Waals surface area contributed by atoms with Crippen molar-refractivity contribution in [2.24, 2.45) is 5.73 Å². The number of imidazole rings is 1. The summed E-state index contributed by atoms with van der Waals surface area (Å²) in [6.45, 7) is 1.91. The zero-order valence-corrected chi connectivity index (χ0v) is 11.3. The molecule has 8 nitrogen and oxygen atoms in total. The largest absolute Gasteiger partial charge is 0.387 e. The molecule has 0 bridgehead atoms. The first-order chi connectivity index (χ1) is 8.97. The average molecular weight is 286 g/mol. The van der Waals surface area contributed by atoms with E-state index in [0.717, 1.165) is 13.1 Å². The molecule has 0 spiro atoms. The van der Waals surface area contributed by atoms with Gasteiger partial charge >= 0.3 is 0 Å². The van der Waals surface area contributed by atoms with E-state index >= 15 is 0 Å². The van der Waals surface area contributed by atoms with E-state index in [9.17, 15) is 8.42 Å². The number of hydrogen-bond donors (Lipinski definition) is 4.